The average Bonchev–Trinajstić information content (AvgIpc) is 2.59. The summed E-state index contributed by atoms with van der Waals surface area (Å²) < 4.78 is 1.36. The molecule has 0 amide bonds. The quantitative estimate of drug-likeness (QED) is 0.620. The van der Waals surface area contributed by atoms with Crippen molar-refractivity contribution in [1.82, 2.24) is 9.78 Å². The first kappa shape index (κ1) is 10.7. The minimum Gasteiger partial charge on any atom is -0.400 e. The summed E-state index contributed by atoms with van der Waals surface area (Å²) in [5, 5.41) is 10.9. The lowest BCUT2D eigenvalue weighted by atomic mass is 9.97. The molecule has 5 heteroatoms. The lowest BCUT2D eigenvalue weighted by Gasteiger charge is -2.10. The smallest absolute Gasteiger partial charge is 0.234 e. The number of fused-ring (bicyclic) bond motifs is 1. The van der Waals surface area contributed by atoms with Crippen molar-refractivity contribution in [3.05, 3.63) is 11.3 Å². The van der Waals surface area contributed by atoms with E-state index in [0.717, 1.165) is 50.5 Å². The van der Waals surface area contributed by atoms with Gasteiger partial charge in [0.25, 0.3) is 0 Å². The summed E-state index contributed by atoms with van der Waals surface area (Å²) in [4.78, 5) is 10.5. The summed E-state index contributed by atoms with van der Waals surface area (Å²) in [6.07, 6.45) is 4.90. The number of carbonyl (C=O) groups excluding carboxylic acids is 1. The molecule has 0 aromatic carbocycles. The van der Waals surface area contributed by atoms with Crippen LogP contribution in [0, 0.1) is 0 Å². The predicted molar refractivity (Wildman–Crippen MR) is 53.6 cm³/mol. The van der Waals surface area contributed by atoms with E-state index in [4.69, 9.17) is 10.8 Å². The largest absolute Gasteiger partial charge is 0.400 e. The fourth-order valence-corrected chi connectivity index (χ4v) is 1.74. The Hall–Kier alpha value is -1.36. The van der Waals surface area contributed by atoms with Gasteiger partial charge in [-0.2, -0.15) is 0 Å². The average molecular weight is 197 g/mol. The molecule has 0 unspecified atom stereocenters. The molecule has 0 radical (unpaired) electrons. The molecule has 1 aliphatic carbocycles. The van der Waals surface area contributed by atoms with Crippen LogP contribution in [0.3, 0.4) is 0 Å². The van der Waals surface area contributed by atoms with Gasteiger partial charge in [-0.15, -0.1) is 5.10 Å². The molecule has 0 bridgehead atoms. The molecule has 78 valence electrons. The Labute approximate surface area is 82.5 Å². The number of nitrogens with zero attached hydrogens (tertiary/aromatic N) is 2. The topological polar surface area (TPSA) is 81.1 Å². The van der Waals surface area contributed by atoms with Gasteiger partial charge in [0.1, 0.15) is 5.82 Å². The Bertz CT molecular complexity index is 320. The second-order valence-electron chi connectivity index (χ2n) is 3.07. The summed E-state index contributed by atoms with van der Waals surface area (Å²) in [5.74, 6) is 0.525. The number of anilines is 1. The Balaban J connectivity index is 0.000000461. The normalized spacial score (nSPS) is 13.9. The highest BCUT2D eigenvalue weighted by molar-refractivity contribution is 5.58. The molecule has 0 fully saturated rings. The molecule has 0 spiro atoms. The lowest BCUT2D eigenvalue weighted by molar-refractivity contribution is 0.399. The highest BCUT2D eigenvalue weighted by Crippen LogP contribution is 2.24. The van der Waals surface area contributed by atoms with E-state index in [1.807, 2.05) is 0 Å². The van der Waals surface area contributed by atoms with Crippen LogP contribution >= 0.6 is 0 Å². The van der Waals surface area contributed by atoms with Crippen LogP contribution in [0.5, 0.6) is 0 Å². The highest BCUT2D eigenvalue weighted by Gasteiger charge is 2.18. The SMILES string of the molecule is CO.Nc1nn(C=O)c2c1CCCC2. The van der Waals surface area contributed by atoms with E-state index in [0.29, 0.717) is 5.82 Å². The fraction of sp³-hybridized carbons (Fsp3) is 0.556. The summed E-state index contributed by atoms with van der Waals surface area (Å²) in [6.45, 7) is 0. The van der Waals surface area contributed by atoms with E-state index in [1.54, 1.807) is 0 Å². The Kier molecular flexibility index (Phi) is 3.64. The maximum absolute atomic E-state index is 10.5. The van der Waals surface area contributed by atoms with Gasteiger partial charge in [-0.25, -0.2) is 4.68 Å². The molecular weight excluding hydrogens is 182 g/mol. The molecule has 0 saturated heterocycles. The van der Waals surface area contributed by atoms with E-state index in [1.165, 1.54) is 4.68 Å². The molecule has 1 heterocycles. The van der Waals surface area contributed by atoms with Gasteiger partial charge in [-0.3, -0.25) is 4.79 Å². The zero-order valence-corrected chi connectivity index (χ0v) is 8.23. The molecule has 0 atom stereocenters. The zero-order chi connectivity index (χ0) is 10.6. The van der Waals surface area contributed by atoms with Crippen molar-refractivity contribution in [2.24, 2.45) is 0 Å². The lowest BCUT2D eigenvalue weighted by Crippen LogP contribution is -2.08. The minimum absolute atomic E-state index is 0.525. The van der Waals surface area contributed by atoms with Gasteiger partial charge >= 0.3 is 0 Å². The van der Waals surface area contributed by atoms with E-state index in [-0.39, 0.29) is 0 Å². The summed E-state index contributed by atoms with van der Waals surface area (Å²) in [6, 6.07) is 0. The molecule has 5 nitrogen and oxygen atoms in total. The third-order valence-corrected chi connectivity index (χ3v) is 2.34. The van der Waals surface area contributed by atoms with Crippen LogP contribution in [-0.2, 0) is 17.6 Å². The Morgan fingerprint density at radius 2 is 2.07 bits per heavy atom. The van der Waals surface area contributed by atoms with E-state index in [2.05, 4.69) is 5.10 Å². The number of aliphatic hydroxyl groups excluding tert-OH is 1. The van der Waals surface area contributed by atoms with Gasteiger partial charge in [0.2, 0.25) is 6.41 Å². The summed E-state index contributed by atoms with van der Waals surface area (Å²) in [5.41, 5.74) is 7.73. The number of hydrogen-bond donors (Lipinski definition) is 2. The van der Waals surface area contributed by atoms with Gasteiger partial charge < -0.3 is 10.8 Å². The van der Waals surface area contributed by atoms with Gasteiger partial charge in [0.15, 0.2) is 0 Å². The number of aliphatic hydroxyl groups is 1. The van der Waals surface area contributed by atoms with Crippen molar-refractivity contribution in [2.45, 2.75) is 25.7 Å². The van der Waals surface area contributed by atoms with Crippen LogP contribution in [0.15, 0.2) is 0 Å². The number of rotatable bonds is 1. The molecule has 14 heavy (non-hydrogen) atoms. The fourth-order valence-electron chi connectivity index (χ4n) is 1.74. The first-order valence-electron chi connectivity index (χ1n) is 4.58. The first-order valence-corrected chi connectivity index (χ1v) is 4.58. The molecule has 3 N–H and O–H groups in total. The van der Waals surface area contributed by atoms with E-state index < -0.39 is 0 Å². The zero-order valence-electron chi connectivity index (χ0n) is 8.23. The van der Waals surface area contributed by atoms with Gasteiger partial charge in [-0.05, 0) is 25.7 Å². The third kappa shape index (κ3) is 1.77. The standard InChI is InChI=1S/C8H11N3O.CH4O/c9-8-6-3-1-2-4-7(6)11(5-12)10-8;1-2/h5H,1-4H2,(H2,9,10);2H,1H3. The number of nitrogen functional groups attached to an aromatic ring is 1. The van der Waals surface area contributed by atoms with Crippen molar-refractivity contribution in [2.75, 3.05) is 12.8 Å². The molecule has 1 aliphatic rings. The number of nitrogens with two attached hydrogens (primary N) is 1. The van der Waals surface area contributed by atoms with Crippen molar-refractivity contribution < 1.29 is 9.90 Å². The third-order valence-electron chi connectivity index (χ3n) is 2.34. The van der Waals surface area contributed by atoms with Crippen molar-refractivity contribution in [3.63, 3.8) is 0 Å². The van der Waals surface area contributed by atoms with E-state index in [9.17, 15) is 4.79 Å². The first-order chi connectivity index (χ1) is 6.83. The second kappa shape index (κ2) is 4.76. The Morgan fingerprint density at radius 3 is 2.71 bits per heavy atom. The van der Waals surface area contributed by atoms with Gasteiger partial charge in [0, 0.05) is 12.7 Å². The van der Waals surface area contributed by atoms with Crippen LogP contribution in [0.25, 0.3) is 0 Å². The summed E-state index contributed by atoms with van der Waals surface area (Å²) in [7, 11) is 1.00. The van der Waals surface area contributed by atoms with Crippen molar-refractivity contribution in [3.8, 4) is 0 Å². The molecule has 1 aromatic rings. The monoisotopic (exact) mass is 197 g/mol. The van der Waals surface area contributed by atoms with Crippen LogP contribution in [0.2, 0.25) is 0 Å². The summed E-state index contributed by atoms with van der Waals surface area (Å²) >= 11 is 0. The second-order valence-corrected chi connectivity index (χ2v) is 3.07. The molecular formula is C9H15N3O2. The van der Waals surface area contributed by atoms with Crippen LogP contribution in [0.4, 0.5) is 5.82 Å². The molecule has 0 saturated carbocycles. The van der Waals surface area contributed by atoms with Crippen LogP contribution in [-0.4, -0.2) is 28.4 Å². The molecule has 2 rings (SSSR count). The van der Waals surface area contributed by atoms with E-state index >= 15 is 0 Å². The highest BCUT2D eigenvalue weighted by atomic mass is 16.2. The molecule has 1 aromatic heterocycles. The Morgan fingerprint density at radius 1 is 1.43 bits per heavy atom. The predicted octanol–water partition coefficient (Wildman–Crippen LogP) is -0.00910. The maximum Gasteiger partial charge on any atom is 0.234 e. The number of aromatic nitrogens is 2. The number of carbonyl (C=O) groups is 1. The van der Waals surface area contributed by atoms with Gasteiger partial charge in [-0.1, -0.05) is 0 Å². The molecule has 0 aliphatic heterocycles. The van der Waals surface area contributed by atoms with Gasteiger partial charge in [0.05, 0.1) is 5.69 Å². The van der Waals surface area contributed by atoms with Crippen molar-refractivity contribution >= 4 is 12.2 Å². The maximum atomic E-state index is 10.5. The van der Waals surface area contributed by atoms with Crippen LogP contribution in [0.1, 0.15) is 24.1 Å². The number of hydrogen-bond acceptors (Lipinski definition) is 4. The van der Waals surface area contributed by atoms with Crippen molar-refractivity contribution in [1.29, 1.82) is 0 Å². The minimum atomic E-state index is 0.525. The van der Waals surface area contributed by atoms with Crippen LogP contribution < -0.4 is 5.73 Å².